The minimum absolute atomic E-state index is 0.170. The summed E-state index contributed by atoms with van der Waals surface area (Å²) < 4.78 is 10.3. The Morgan fingerprint density at radius 3 is 2.67 bits per heavy atom. The highest BCUT2D eigenvalue weighted by atomic mass is 16.5. The van der Waals surface area contributed by atoms with Crippen molar-refractivity contribution in [3.63, 3.8) is 0 Å². The SMILES string of the molecule is COc1ccc(C(=O)Nc2ccc(N3CCCN(Cc4ccoc4)CC3)nc2)cc1. The van der Waals surface area contributed by atoms with Gasteiger partial charge < -0.3 is 19.4 Å². The molecule has 1 fully saturated rings. The first-order valence-corrected chi connectivity index (χ1v) is 10.1. The van der Waals surface area contributed by atoms with Crippen molar-refractivity contribution < 1.29 is 13.9 Å². The van der Waals surface area contributed by atoms with Crippen molar-refractivity contribution in [1.29, 1.82) is 0 Å². The van der Waals surface area contributed by atoms with Crippen LogP contribution in [0, 0.1) is 0 Å². The van der Waals surface area contributed by atoms with E-state index >= 15 is 0 Å². The number of anilines is 2. The van der Waals surface area contributed by atoms with Gasteiger partial charge in [-0.3, -0.25) is 9.69 Å². The second-order valence-electron chi connectivity index (χ2n) is 7.34. The predicted molar refractivity (Wildman–Crippen MR) is 116 cm³/mol. The van der Waals surface area contributed by atoms with E-state index in [-0.39, 0.29) is 5.91 Å². The van der Waals surface area contributed by atoms with Crippen LogP contribution in [0.3, 0.4) is 0 Å². The number of hydrogen-bond donors (Lipinski definition) is 1. The number of furan rings is 1. The highest BCUT2D eigenvalue weighted by Crippen LogP contribution is 2.18. The Labute approximate surface area is 176 Å². The third-order valence-electron chi connectivity index (χ3n) is 5.26. The fourth-order valence-corrected chi connectivity index (χ4v) is 3.59. The van der Waals surface area contributed by atoms with Gasteiger partial charge in [0.05, 0.1) is 31.5 Å². The molecule has 30 heavy (non-hydrogen) atoms. The number of hydrogen-bond acceptors (Lipinski definition) is 6. The summed E-state index contributed by atoms with van der Waals surface area (Å²) in [6.07, 6.45) is 6.32. The predicted octanol–water partition coefficient (Wildman–Crippen LogP) is 3.65. The van der Waals surface area contributed by atoms with Gasteiger partial charge in [0.2, 0.25) is 0 Å². The van der Waals surface area contributed by atoms with Crippen LogP contribution < -0.4 is 15.0 Å². The van der Waals surface area contributed by atoms with Crippen LogP contribution in [0.5, 0.6) is 5.75 Å². The summed E-state index contributed by atoms with van der Waals surface area (Å²) in [4.78, 5) is 21.7. The van der Waals surface area contributed by atoms with Gasteiger partial charge in [0, 0.05) is 43.9 Å². The second kappa shape index (κ2) is 9.45. The van der Waals surface area contributed by atoms with Gasteiger partial charge in [0.1, 0.15) is 11.6 Å². The summed E-state index contributed by atoms with van der Waals surface area (Å²) in [5.41, 5.74) is 2.46. The van der Waals surface area contributed by atoms with Crippen LogP contribution in [0.15, 0.2) is 65.6 Å². The number of methoxy groups -OCH3 is 1. The molecule has 1 N–H and O–H groups in total. The molecule has 1 aliphatic rings. The van der Waals surface area contributed by atoms with Crippen molar-refractivity contribution in [3.05, 3.63) is 72.3 Å². The van der Waals surface area contributed by atoms with Gasteiger partial charge in [-0.05, 0) is 48.9 Å². The Kier molecular flexibility index (Phi) is 6.29. The van der Waals surface area contributed by atoms with Gasteiger partial charge in [0.25, 0.3) is 5.91 Å². The van der Waals surface area contributed by atoms with Crippen LogP contribution in [0.25, 0.3) is 0 Å². The van der Waals surface area contributed by atoms with Crippen molar-refractivity contribution >= 4 is 17.4 Å². The third kappa shape index (κ3) is 4.99. The quantitative estimate of drug-likeness (QED) is 0.674. The number of rotatable bonds is 6. The first-order valence-electron chi connectivity index (χ1n) is 10.1. The Bertz CT molecular complexity index is 940. The van der Waals surface area contributed by atoms with Crippen LogP contribution in [-0.2, 0) is 6.54 Å². The maximum absolute atomic E-state index is 12.4. The van der Waals surface area contributed by atoms with Crippen molar-refractivity contribution in [2.45, 2.75) is 13.0 Å². The van der Waals surface area contributed by atoms with Crippen LogP contribution >= 0.6 is 0 Å². The van der Waals surface area contributed by atoms with E-state index in [0.717, 1.165) is 50.7 Å². The van der Waals surface area contributed by atoms with Gasteiger partial charge in [0.15, 0.2) is 0 Å². The number of amides is 1. The molecular formula is C23H26N4O3. The molecule has 0 radical (unpaired) electrons. The summed E-state index contributed by atoms with van der Waals surface area (Å²) in [5, 5.41) is 2.89. The standard InChI is InChI=1S/C23H26N4O3/c1-29-21-6-3-19(4-7-21)23(28)25-20-5-8-22(24-15-20)27-11-2-10-26(12-13-27)16-18-9-14-30-17-18/h3-9,14-15,17H,2,10-13,16H2,1H3,(H,25,28). The molecule has 3 heterocycles. The number of aromatic nitrogens is 1. The van der Waals surface area contributed by atoms with E-state index in [2.05, 4.69) is 20.1 Å². The molecule has 0 atom stereocenters. The highest BCUT2D eigenvalue weighted by molar-refractivity contribution is 6.04. The molecule has 3 aromatic rings. The first-order chi connectivity index (χ1) is 14.7. The summed E-state index contributed by atoms with van der Waals surface area (Å²) in [6, 6.07) is 12.9. The molecule has 1 aliphatic heterocycles. The lowest BCUT2D eigenvalue weighted by Gasteiger charge is -2.22. The zero-order valence-electron chi connectivity index (χ0n) is 17.1. The largest absolute Gasteiger partial charge is 0.497 e. The van der Waals surface area contributed by atoms with Gasteiger partial charge in [-0.25, -0.2) is 4.98 Å². The molecule has 1 amide bonds. The smallest absolute Gasteiger partial charge is 0.255 e. The molecule has 0 spiro atoms. The van der Waals surface area contributed by atoms with Gasteiger partial charge in [-0.1, -0.05) is 0 Å². The molecule has 4 rings (SSSR count). The molecule has 156 valence electrons. The van der Waals surface area contributed by atoms with Crippen molar-refractivity contribution in [2.24, 2.45) is 0 Å². The summed E-state index contributed by atoms with van der Waals surface area (Å²) in [5.74, 6) is 1.48. The normalized spacial score (nSPS) is 14.9. The molecule has 7 heteroatoms. The fourth-order valence-electron chi connectivity index (χ4n) is 3.59. The Morgan fingerprint density at radius 2 is 1.97 bits per heavy atom. The van der Waals surface area contributed by atoms with Gasteiger partial charge in [-0.2, -0.15) is 0 Å². The number of ether oxygens (including phenoxy) is 1. The van der Waals surface area contributed by atoms with Crippen molar-refractivity contribution in [3.8, 4) is 5.75 Å². The lowest BCUT2D eigenvalue weighted by molar-refractivity contribution is 0.102. The third-order valence-corrected chi connectivity index (χ3v) is 5.26. The van der Waals surface area contributed by atoms with E-state index < -0.39 is 0 Å². The zero-order valence-corrected chi connectivity index (χ0v) is 17.1. The van der Waals surface area contributed by atoms with Gasteiger partial charge >= 0.3 is 0 Å². The number of nitrogens with one attached hydrogen (secondary N) is 1. The molecular weight excluding hydrogens is 380 g/mol. The molecule has 1 saturated heterocycles. The lowest BCUT2D eigenvalue weighted by Crippen LogP contribution is -2.30. The monoisotopic (exact) mass is 406 g/mol. The molecule has 0 saturated carbocycles. The van der Waals surface area contributed by atoms with E-state index in [1.54, 1.807) is 43.8 Å². The fraction of sp³-hybridized carbons (Fsp3) is 0.304. The van der Waals surface area contributed by atoms with Crippen LogP contribution in [0.2, 0.25) is 0 Å². The number of carbonyl (C=O) groups is 1. The number of nitrogens with zero attached hydrogens (tertiary/aromatic N) is 3. The highest BCUT2D eigenvalue weighted by Gasteiger charge is 2.17. The van der Waals surface area contributed by atoms with Crippen LogP contribution in [0.4, 0.5) is 11.5 Å². The number of benzene rings is 1. The maximum Gasteiger partial charge on any atom is 0.255 e. The van der Waals surface area contributed by atoms with Crippen LogP contribution in [0.1, 0.15) is 22.3 Å². The summed E-state index contributed by atoms with van der Waals surface area (Å²) in [6.45, 7) is 4.82. The Hall–Kier alpha value is -3.32. The number of pyridine rings is 1. The zero-order chi connectivity index (χ0) is 20.8. The molecule has 0 bridgehead atoms. The minimum atomic E-state index is -0.170. The molecule has 7 nitrogen and oxygen atoms in total. The number of carbonyl (C=O) groups excluding carboxylic acids is 1. The van der Waals surface area contributed by atoms with Crippen molar-refractivity contribution in [1.82, 2.24) is 9.88 Å². The molecule has 1 aromatic carbocycles. The molecule has 0 unspecified atom stereocenters. The Balaban J connectivity index is 1.33. The lowest BCUT2D eigenvalue weighted by atomic mass is 10.2. The summed E-state index contributed by atoms with van der Waals surface area (Å²) >= 11 is 0. The average molecular weight is 406 g/mol. The van der Waals surface area contributed by atoms with E-state index in [9.17, 15) is 4.79 Å². The maximum atomic E-state index is 12.4. The molecule has 2 aromatic heterocycles. The van der Waals surface area contributed by atoms with Crippen LogP contribution in [-0.4, -0.2) is 49.1 Å². The Morgan fingerprint density at radius 1 is 1.10 bits per heavy atom. The molecule has 0 aliphatic carbocycles. The van der Waals surface area contributed by atoms with E-state index in [1.165, 1.54) is 5.56 Å². The average Bonchev–Trinajstić information content (AvgIpc) is 3.18. The second-order valence-corrected chi connectivity index (χ2v) is 7.34. The van der Waals surface area contributed by atoms with Crippen molar-refractivity contribution in [2.75, 3.05) is 43.5 Å². The minimum Gasteiger partial charge on any atom is -0.497 e. The van der Waals surface area contributed by atoms with E-state index in [4.69, 9.17) is 9.15 Å². The topological polar surface area (TPSA) is 70.8 Å². The summed E-state index contributed by atoms with van der Waals surface area (Å²) in [7, 11) is 1.60. The van der Waals surface area contributed by atoms with E-state index in [1.807, 2.05) is 24.5 Å². The van der Waals surface area contributed by atoms with E-state index in [0.29, 0.717) is 11.3 Å². The van der Waals surface area contributed by atoms with Gasteiger partial charge in [-0.15, -0.1) is 0 Å². The first kappa shape index (κ1) is 20.0.